The molecule has 3 rings (SSSR count). The Balaban J connectivity index is 1.56. The van der Waals surface area contributed by atoms with Gasteiger partial charge < -0.3 is 4.90 Å². The molecule has 2 heterocycles. The molecule has 0 N–H and O–H groups in total. The Bertz CT molecular complexity index is 750. The molecule has 122 valence electrons. The number of carbonyl (C=O) groups is 1. The van der Waals surface area contributed by atoms with Gasteiger partial charge in [0.05, 0.1) is 0 Å². The second kappa shape index (κ2) is 6.36. The molecule has 6 nitrogen and oxygen atoms in total. The second-order valence-corrected chi connectivity index (χ2v) is 6.01. The molecule has 0 saturated carbocycles. The van der Waals surface area contributed by atoms with Gasteiger partial charge in [-0.2, -0.15) is 5.10 Å². The van der Waals surface area contributed by atoms with E-state index in [2.05, 4.69) is 5.10 Å². The third kappa shape index (κ3) is 3.49. The summed E-state index contributed by atoms with van der Waals surface area (Å²) in [6.45, 7) is 1.33. The van der Waals surface area contributed by atoms with Gasteiger partial charge >= 0.3 is 5.69 Å². The summed E-state index contributed by atoms with van der Waals surface area (Å²) in [6, 6.07) is 6.49. The molecule has 1 aliphatic rings. The van der Waals surface area contributed by atoms with Gasteiger partial charge in [-0.1, -0.05) is 12.1 Å². The first-order valence-corrected chi connectivity index (χ1v) is 7.63. The van der Waals surface area contributed by atoms with E-state index in [4.69, 9.17) is 0 Å². The smallest absolute Gasteiger partial charge is 0.341 e. The Hall–Kier alpha value is -2.44. The summed E-state index contributed by atoms with van der Waals surface area (Å²) < 4.78 is 15.4. The van der Waals surface area contributed by atoms with Crippen LogP contribution in [0, 0.1) is 11.7 Å². The van der Waals surface area contributed by atoms with Gasteiger partial charge in [0.25, 0.3) is 0 Å². The Labute approximate surface area is 133 Å². The summed E-state index contributed by atoms with van der Waals surface area (Å²) in [5.74, 6) is 0.0371. The van der Waals surface area contributed by atoms with Crippen LogP contribution in [0.2, 0.25) is 0 Å². The Morgan fingerprint density at radius 2 is 2.09 bits per heavy atom. The van der Waals surface area contributed by atoms with E-state index in [0.29, 0.717) is 19.0 Å². The average Bonchev–Trinajstić information content (AvgIpc) is 3.12. The van der Waals surface area contributed by atoms with Crippen molar-refractivity contribution in [3.63, 3.8) is 0 Å². The first-order chi connectivity index (χ1) is 11.0. The van der Waals surface area contributed by atoms with Gasteiger partial charge in [-0.05, 0) is 36.5 Å². The van der Waals surface area contributed by atoms with Gasteiger partial charge in [-0.3, -0.25) is 9.36 Å². The number of likely N-dealkylation sites (tertiary alicyclic amines) is 1. The highest BCUT2D eigenvalue weighted by Crippen LogP contribution is 2.21. The number of aryl methyl sites for hydroxylation is 1. The van der Waals surface area contributed by atoms with Crippen LogP contribution >= 0.6 is 0 Å². The highest BCUT2D eigenvalue weighted by Gasteiger charge is 2.26. The van der Waals surface area contributed by atoms with Crippen molar-refractivity contribution in [2.24, 2.45) is 13.0 Å². The monoisotopic (exact) mass is 318 g/mol. The molecule has 0 bridgehead atoms. The van der Waals surface area contributed by atoms with Crippen molar-refractivity contribution < 1.29 is 9.18 Å². The van der Waals surface area contributed by atoms with E-state index < -0.39 is 0 Å². The van der Waals surface area contributed by atoms with Gasteiger partial charge in [0, 0.05) is 20.1 Å². The molecule has 1 atom stereocenters. The summed E-state index contributed by atoms with van der Waals surface area (Å²) in [6.07, 6.45) is 3.14. The standard InChI is InChI=1S/C16H19FN4O2/c1-19-11-18-21(16(19)23)10-15(22)20-7-6-13(9-20)8-12-2-4-14(17)5-3-12/h2-5,11,13H,6-10H2,1H3. The highest BCUT2D eigenvalue weighted by atomic mass is 19.1. The largest absolute Gasteiger partial charge is 0.345 e. The SMILES string of the molecule is Cn1cnn(CC(=O)N2CCC(Cc3ccc(F)cc3)C2)c1=O. The quantitative estimate of drug-likeness (QED) is 0.838. The molecule has 23 heavy (non-hydrogen) atoms. The maximum Gasteiger partial charge on any atom is 0.345 e. The Kier molecular flexibility index (Phi) is 4.27. The second-order valence-electron chi connectivity index (χ2n) is 6.01. The van der Waals surface area contributed by atoms with Gasteiger partial charge in [0.2, 0.25) is 5.91 Å². The van der Waals surface area contributed by atoms with Gasteiger partial charge in [0.15, 0.2) is 0 Å². The van der Waals surface area contributed by atoms with Crippen molar-refractivity contribution in [3.05, 3.63) is 52.5 Å². The van der Waals surface area contributed by atoms with Crippen LogP contribution in [0.15, 0.2) is 35.4 Å². The van der Waals surface area contributed by atoms with Gasteiger partial charge in [-0.25, -0.2) is 13.9 Å². The lowest BCUT2D eigenvalue weighted by Crippen LogP contribution is -2.35. The fourth-order valence-electron chi connectivity index (χ4n) is 2.94. The van der Waals surface area contributed by atoms with E-state index in [1.165, 1.54) is 27.7 Å². The minimum atomic E-state index is -0.291. The predicted octanol–water partition coefficient (Wildman–Crippen LogP) is 0.812. The van der Waals surface area contributed by atoms with Crippen LogP contribution in [0.4, 0.5) is 4.39 Å². The molecule has 0 radical (unpaired) electrons. The average molecular weight is 318 g/mol. The number of aromatic nitrogens is 3. The van der Waals surface area contributed by atoms with E-state index in [-0.39, 0.29) is 24.0 Å². The first kappa shape index (κ1) is 15.5. The van der Waals surface area contributed by atoms with Crippen LogP contribution in [0.1, 0.15) is 12.0 Å². The Morgan fingerprint density at radius 3 is 2.74 bits per heavy atom. The van der Waals surface area contributed by atoms with Crippen molar-refractivity contribution >= 4 is 5.91 Å². The molecule has 1 fully saturated rings. The van der Waals surface area contributed by atoms with E-state index >= 15 is 0 Å². The van der Waals surface area contributed by atoms with E-state index in [1.807, 2.05) is 0 Å². The lowest BCUT2D eigenvalue weighted by Gasteiger charge is -2.16. The molecule has 1 amide bonds. The summed E-state index contributed by atoms with van der Waals surface area (Å²) >= 11 is 0. The molecule has 0 spiro atoms. The third-order valence-corrected chi connectivity index (χ3v) is 4.25. The third-order valence-electron chi connectivity index (χ3n) is 4.25. The van der Waals surface area contributed by atoms with Crippen molar-refractivity contribution in [2.45, 2.75) is 19.4 Å². The molecule has 0 aliphatic carbocycles. The number of rotatable bonds is 4. The fourth-order valence-corrected chi connectivity index (χ4v) is 2.94. The van der Waals surface area contributed by atoms with Crippen LogP contribution in [-0.4, -0.2) is 38.2 Å². The minimum Gasteiger partial charge on any atom is -0.341 e. The molecule has 1 unspecified atom stereocenters. The Morgan fingerprint density at radius 1 is 1.35 bits per heavy atom. The molecule has 1 aromatic carbocycles. The maximum absolute atomic E-state index is 12.9. The predicted molar refractivity (Wildman–Crippen MR) is 82.3 cm³/mol. The number of benzene rings is 1. The van der Waals surface area contributed by atoms with Crippen molar-refractivity contribution in [2.75, 3.05) is 13.1 Å². The summed E-state index contributed by atoms with van der Waals surface area (Å²) in [7, 11) is 1.60. The molecular weight excluding hydrogens is 299 g/mol. The molecule has 1 aliphatic heterocycles. The maximum atomic E-state index is 12.9. The zero-order valence-electron chi connectivity index (χ0n) is 13.0. The molecular formula is C16H19FN4O2. The highest BCUT2D eigenvalue weighted by molar-refractivity contribution is 5.76. The van der Waals surface area contributed by atoms with Crippen LogP contribution in [0.25, 0.3) is 0 Å². The lowest BCUT2D eigenvalue weighted by atomic mass is 9.99. The summed E-state index contributed by atoms with van der Waals surface area (Å²) in [5.41, 5.74) is 0.784. The molecule has 2 aromatic rings. The number of halogens is 1. The van der Waals surface area contributed by atoms with Crippen LogP contribution in [-0.2, 0) is 24.8 Å². The normalized spacial score (nSPS) is 17.7. The van der Waals surface area contributed by atoms with Crippen LogP contribution < -0.4 is 5.69 Å². The van der Waals surface area contributed by atoms with E-state index in [9.17, 15) is 14.0 Å². The number of amides is 1. The summed E-state index contributed by atoms with van der Waals surface area (Å²) in [5, 5.41) is 3.91. The van der Waals surface area contributed by atoms with Gasteiger partial charge in [0.1, 0.15) is 18.7 Å². The number of carbonyl (C=O) groups excluding carboxylic acids is 1. The number of hydrogen-bond donors (Lipinski definition) is 0. The molecule has 1 saturated heterocycles. The van der Waals surface area contributed by atoms with E-state index in [1.54, 1.807) is 24.1 Å². The topological polar surface area (TPSA) is 60.1 Å². The van der Waals surface area contributed by atoms with Gasteiger partial charge in [-0.15, -0.1) is 0 Å². The zero-order valence-corrected chi connectivity index (χ0v) is 13.0. The number of nitrogens with zero attached hydrogens (tertiary/aromatic N) is 4. The lowest BCUT2D eigenvalue weighted by molar-refractivity contribution is -0.131. The fraction of sp³-hybridized carbons (Fsp3) is 0.438. The van der Waals surface area contributed by atoms with Crippen molar-refractivity contribution in [3.8, 4) is 0 Å². The van der Waals surface area contributed by atoms with Crippen molar-refractivity contribution in [1.29, 1.82) is 0 Å². The minimum absolute atomic E-state index is 0.0249. The van der Waals surface area contributed by atoms with Crippen molar-refractivity contribution in [1.82, 2.24) is 19.2 Å². The number of hydrogen-bond acceptors (Lipinski definition) is 3. The van der Waals surface area contributed by atoms with Crippen LogP contribution in [0.3, 0.4) is 0 Å². The van der Waals surface area contributed by atoms with E-state index in [0.717, 1.165) is 18.4 Å². The zero-order chi connectivity index (χ0) is 16.4. The van der Waals surface area contributed by atoms with Crippen LogP contribution in [0.5, 0.6) is 0 Å². The summed E-state index contributed by atoms with van der Waals surface area (Å²) in [4.78, 5) is 25.8. The molecule has 7 heteroatoms. The molecule has 1 aromatic heterocycles. The first-order valence-electron chi connectivity index (χ1n) is 7.63.